The fourth-order valence-corrected chi connectivity index (χ4v) is 1.39. The third kappa shape index (κ3) is 4.21. The Morgan fingerprint density at radius 2 is 2.21 bits per heavy atom. The lowest BCUT2D eigenvalue weighted by molar-refractivity contribution is -0.122. The Balaban J connectivity index is 2.10. The number of nitriles is 1. The zero-order chi connectivity index (χ0) is 10.2. The first-order chi connectivity index (χ1) is 6.83. The molecule has 78 valence electrons. The van der Waals surface area contributed by atoms with Gasteiger partial charge in [0, 0.05) is 32.7 Å². The zero-order valence-electron chi connectivity index (χ0n) is 8.25. The molecule has 1 heterocycles. The van der Waals surface area contributed by atoms with E-state index in [9.17, 15) is 4.79 Å². The Hall–Kier alpha value is -1.12. The molecule has 1 saturated heterocycles. The van der Waals surface area contributed by atoms with Crippen molar-refractivity contribution < 1.29 is 4.79 Å². The molecule has 1 rings (SSSR count). The fourth-order valence-electron chi connectivity index (χ4n) is 1.39. The number of nitrogens with zero attached hydrogens (tertiary/aromatic N) is 2. The average Bonchev–Trinajstić information content (AvgIpc) is 2.20. The van der Waals surface area contributed by atoms with Crippen molar-refractivity contribution in [2.75, 3.05) is 39.3 Å². The number of carbonyl (C=O) groups excluding carboxylic acids is 1. The molecule has 0 aromatic heterocycles. The number of piperazine rings is 1. The van der Waals surface area contributed by atoms with Gasteiger partial charge in [-0.05, 0) is 0 Å². The lowest BCUT2D eigenvalue weighted by atomic mass is 10.3. The van der Waals surface area contributed by atoms with Crippen molar-refractivity contribution in [2.45, 2.75) is 6.42 Å². The van der Waals surface area contributed by atoms with Crippen LogP contribution >= 0.6 is 0 Å². The summed E-state index contributed by atoms with van der Waals surface area (Å²) in [5, 5.41) is 14.2. The maximum absolute atomic E-state index is 11.3. The summed E-state index contributed by atoms with van der Waals surface area (Å²) in [5.74, 6) is 0.0159. The summed E-state index contributed by atoms with van der Waals surface area (Å²) >= 11 is 0. The normalized spacial score (nSPS) is 17.4. The summed E-state index contributed by atoms with van der Waals surface area (Å²) in [6, 6.07) is 1.99. The van der Waals surface area contributed by atoms with E-state index in [1.165, 1.54) is 0 Å². The Morgan fingerprint density at radius 1 is 1.50 bits per heavy atom. The molecule has 0 spiro atoms. The van der Waals surface area contributed by atoms with Crippen LogP contribution in [-0.4, -0.2) is 50.1 Å². The van der Waals surface area contributed by atoms with Crippen LogP contribution in [0, 0.1) is 11.3 Å². The van der Waals surface area contributed by atoms with Crippen molar-refractivity contribution in [1.29, 1.82) is 5.26 Å². The maximum Gasteiger partial charge on any atom is 0.234 e. The van der Waals surface area contributed by atoms with Crippen LogP contribution in [-0.2, 0) is 4.79 Å². The molecule has 1 amide bonds. The van der Waals surface area contributed by atoms with Crippen LogP contribution in [0.5, 0.6) is 0 Å². The second kappa shape index (κ2) is 6.35. The van der Waals surface area contributed by atoms with Gasteiger partial charge in [0.25, 0.3) is 0 Å². The van der Waals surface area contributed by atoms with E-state index in [1.54, 1.807) is 0 Å². The van der Waals surface area contributed by atoms with Crippen LogP contribution in [0.4, 0.5) is 0 Å². The highest BCUT2D eigenvalue weighted by Crippen LogP contribution is 1.90. The van der Waals surface area contributed by atoms with E-state index in [-0.39, 0.29) is 5.91 Å². The minimum absolute atomic E-state index is 0.0159. The van der Waals surface area contributed by atoms with Crippen LogP contribution in [0.15, 0.2) is 0 Å². The maximum atomic E-state index is 11.3. The van der Waals surface area contributed by atoms with E-state index in [0.717, 1.165) is 26.2 Å². The molecule has 2 N–H and O–H groups in total. The molecule has 0 aromatic carbocycles. The first-order valence-corrected chi connectivity index (χ1v) is 4.89. The molecule has 0 bridgehead atoms. The lowest BCUT2D eigenvalue weighted by Gasteiger charge is -2.26. The molecule has 0 aromatic rings. The van der Waals surface area contributed by atoms with Gasteiger partial charge in [-0.3, -0.25) is 9.69 Å². The molecule has 5 heteroatoms. The first kappa shape index (κ1) is 11.0. The Kier molecular flexibility index (Phi) is 4.97. The third-order valence-electron chi connectivity index (χ3n) is 2.14. The van der Waals surface area contributed by atoms with E-state index >= 15 is 0 Å². The standard InChI is InChI=1S/C9H16N4O/c10-2-1-3-12-9(14)8-13-6-4-11-5-7-13/h11H,1,3-8H2,(H,12,14). The monoisotopic (exact) mass is 196 g/mol. The third-order valence-corrected chi connectivity index (χ3v) is 2.14. The molecule has 5 nitrogen and oxygen atoms in total. The van der Waals surface area contributed by atoms with E-state index in [2.05, 4.69) is 15.5 Å². The van der Waals surface area contributed by atoms with E-state index < -0.39 is 0 Å². The summed E-state index contributed by atoms with van der Waals surface area (Å²) in [7, 11) is 0. The molecule has 0 unspecified atom stereocenters. The molecule has 14 heavy (non-hydrogen) atoms. The lowest BCUT2D eigenvalue weighted by Crippen LogP contribution is -2.47. The second-order valence-corrected chi connectivity index (χ2v) is 3.28. The van der Waals surface area contributed by atoms with E-state index in [1.807, 2.05) is 6.07 Å². The van der Waals surface area contributed by atoms with Crippen LogP contribution < -0.4 is 10.6 Å². The number of nitrogens with one attached hydrogen (secondary N) is 2. The Bertz CT molecular complexity index is 217. The van der Waals surface area contributed by atoms with Gasteiger partial charge in [0.05, 0.1) is 19.0 Å². The predicted octanol–water partition coefficient (Wildman–Crippen LogP) is -1.08. The highest BCUT2D eigenvalue weighted by Gasteiger charge is 2.12. The van der Waals surface area contributed by atoms with Gasteiger partial charge in [-0.25, -0.2) is 0 Å². The molecule has 0 aliphatic carbocycles. The van der Waals surface area contributed by atoms with Crippen molar-refractivity contribution in [2.24, 2.45) is 0 Å². The summed E-state index contributed by atoms with van der Waals surface area (Å²) in [5.41, 5.74) is 0. The van der Waals surface area contributed by atoms with Crippen molar-refractivity contribution in [1.82, 2.24) is 15.5 Å². The van der Waals surface area contributed by atoms with Crippen LogP contribution in [0.3, 0.4) is 0 Å². The van der Waals surface area contributed by atoms with Crippen LogP contribution in [0.25, 0.3) is 0 Å². The quantitative estimate of drug-likeness (QED) is 0.561. The molecule has 0 radical (unpaired) electrons. The Morgan fingerprint density at radius 3 is 2.86 bits per heavy atom. The minimum atomic E-state index is 0.0159. The molecular formula is C9H16N4O. The molecule has 1 fully saturated rings. The second-order valence-electron chi connectivity index (χ2n) is 3.28. The SMILES string of the molecule is N#CCCNC(=O)CN1CCNCC1. The molecular weight excluding hydrogens is 180 g/mol. The average molecular weight is 196 g/mol. The first-order valence-electron chi connectivity index (χ1n) is 4.89. The summed E-state index contributed by atoms with van der Waals surface area (Å²) < 4.78 is 0. The van der Waals surface area contributed by atoms with Gasteiger partial charge in [0.1, 0.15) is 0 Å². The van der Waals surface area contributed by atoms with Crippen LogP contribution in [0.2, 0.25) is 0 Å². The smallest absolute Gasteiger partial charge is 0.234 e. The van der Waals surface area contributed by atoms with Crippen molar-refractivity contribution in [3.05, 3.63) is 0 Å². The van der Waals surface area contributed by atoms with Gasteiger partial charge in [0.15, 0.2) is 0 Å². The molecule has 0 saturated carbocycles. The highest BCUT2D eigenvalue weighted by atomic mass is 16.2. The summed E-state index contributed by atoms with van der Waals surface area (Å²) in [6.07, 6.45) is 0.382. The number of amides is 1. The summed E-state index contributed by atoms with van der Waals surface area (Å²) in [4.78, 5) is 13.4. The van der Waals surface area contributed by atoms with Crippen molar-refractivity contribution >= 4 is 5.91 Å². The number of hydrogen-bond acceptors (Lipinski definition) is 4. The molecule has 1 aliphatic heterocycles. The molecule has 0 atom stereocenters. The largest absolute Gasteiger partial charge is 0.354 e. The van der Waals surface area contributed by atoms with Crippen molar-refractivity contribution in [3.8, 4) is 6.07 Å². The predicted molar refractivity (Wildman–Crippen MR) is 52.5 cm³/mol. The van der Waals surface area contributed by atoms with Gasteiger partial charge in [0.2, 0.25) is 5.91 Å². The number of carbonyl (C=O) groups is 1. The molecule has 1 aliphatic rings. The number of rotatable bonds is 4. The van der Waals surface area contributed by atoms with Gasteiger partial charge in [-0.1, -0.05) is 0 Å². The zero-order valence-corrected chi connectivity index (χ0v) is 8.25. The van der Waals surface area contributed by atoms with Crippen molar-refractivity contribution in [3.63, 3.8) is 0 Å². The fraction of sp³-hybridized carbons (Fsp3) is 0.778. The topological polar surface area (TPSA) is 68.2 Å². The highest BCUT2D eigenvalue weighted by molar-refractivity contribution is 5.78. The minimum Gasteiger partial charge on any atom is -0.354 e. The van der Waals surface area contributed by atoms with Gasteiger partial charge in [-0.2, -0.15) is 5.26 Å². The van der Waals surface area contributed by atoms with E-state index in [0.29, 0.717) is 19.5 Å². The van der Waals surface area contributed by atoms with Gasteiger partial charge in [-0.15, -0.1) is 0 Å². The van der Waals surface area contributed by atoms with Crippen LogP contribution in [0.1, 0.15) is 6.42 Å². The summed E-state index contributed by atoms with van der Waals surface area (Å²) in [6.45, 7) is 4.66. The van der Waals surface area contributed by atoms with Gasteiger partial charge >= 0.3 is 0 Å². The number of hydrogen-bond donors (Lipinski definition) is 2. The van der Waals surface area contributed by atoms with E-state index in [4.69, 9.17) is 5.26 Å². The van der Waals surface area contributed by atoms with Gasteiger partial charge < -0.3 is 10.6 Å². The Labute approximate surface area is 84.1 Å².